The summed E-state index contributed by atoms with van der Waals surface area (Å²) >= 11 is 0. The van der Waals surface area contributed by atoms with Crippen molar-refractivity contribution in [2.45, 2.75) is 39.2 Å². The third-order valence-corrected chi connectivity index (χ3v) is 3.17. The van der Waals surface area contributed by atoms with Crippen molar-refractivity contribution in [3.05, 3.63) is 22.7 Å². The highest BCUT2D eigenvalue weighted by molar-refractivity contribution is 5.68. The number of carbonyl (C=O) groups is 3. The molecule has 12 heteroatoms. The Morgan fingerprint density at radius 3 is 2.38 bits per heavy atom. The Bertz CT molecular complexity index is 764. The molecule has 1 aliphatic heterocycles. The maximum atomic E-state index is 12.1. The van der Waals surface area contributed by atoms with Crippen molar-refractivity contribution in [2.24, 2.45) is 0 Å². The van der Waals surface area contributed by atoms with Gasteiger partial charge in [-0.2, -0.15) is 9.66 Å². The molecule has 2 rings (SSSR count). The second kappa shape index (κ2) is 7.82. The van der Waals surface area contributed by atoms with Crippen LogP contribution in [0, 0.1) is 0 Å². The summed E-state index contributed by atoms with van der Waals surface area (Å²) < 4.78 is 16.1. The van der Waals surface area contributed by atoms with Gasteiger partial charge in [0.05, 0.1) is 0 Å². The lowest BCUT2D eigenvalue weighted by Crippen LogP contribution is -2.50. The lowest BCUT2D eigenvalue weighted by molar-refractivity contribution is -0.165. The maximum Gasteiger partial charge on any atom is 0.370 e. The highest BCUT2D eigenvalue weighted by Gasteiger charge is 2.50. The van der Waals surface area contributed by atoms with Crippen molar-refractivity contribution < 1.29 is 33.4 Å². The van der Waals surface area contributed by atoms with E-state index in [1.807, 2.05) is 0 Å². The zero-order chi connectivity index (χ0) is 19.4. The van der Waals surface area contributed by atoms with Crippen LogP contribution >= 0.6 is 0 Å². The van der Waals surface area contributed by atoms with E-state index in [1.165, 1.54) is 19.2 Å². The van der Waals surface area contributed by atoms with E-state index in [2.05, 4.69) is 4.98 Å². The number of hydrogen-bond acceptors (Lipinski definition) is 11. The van der Waals surface area contributed by atoms with Crippen LogP contribution in [0.5, 0.6) is 0 Å². The highest BCUT2D eigenvalue weighted by Crippen LogP contribution is 2.25. The summed E-state index contributed by atoms with van der Waals surface area (Å²) in [6.45, 7) is 3.16. The van der Waals surface area contributed by atoms with E-state index in [1.54, 1.807) is 0 Å². The molecule has 1 aliphatic rings. The molecule has 26 heavy (non-hydrogen) atoms. The Morgan fingerprint density at radius 2 is 1.85 bits per heavy atom. The number of esters is 3. The number of nitrogen functional groups attached to an aromatic ring is 1. The van der Waals surface area contributed by atoms with Crippen molar-refractivity contribution in [3.63, 3.8) is 0 Å². The molecule has 1 aromatic rings. The quantitative estimate of drug-likeness (QED) is 0.474. The normalized spacial score (nSPS) is 22.0. The zero-order valence-corrected chi connectivity index (χ0v) is 14.3. The number of aromatic nitrogens is 2. The number of hydroxylamine groups is 1. The van der Waals surface area contributed by atoms with Gasteiger partial charge >= 0.3 is 23.6 Å². The average Bonchev–Trinajstić information content (AvgIpc) is 2.82. The van der Waals surface area contributed by atoms with Crippen LogP contribution in [-0.4, -0.2) is 52.6 Å². The fourth-order valence-electron chi connectivity index (χ4n) is 2.23. The van der Waals surface area contributed by atoms with Crippen molar-refractivity contribution in [1.82, 2.24) is 9.66 Å². The van der Waals surface area contributed by atoms with E-state index in [4.69, 9.17) is 24.8 Å². The summed E-state index contributed by atoms with van der Waals surface area (Å²) in [5, 5.41) is 0.873. The van der Waals surface area contributed by atoms with Gasteiger partial charge in [0, 0.05) is 27.0 Å². The Hall–Kier alpha value is -3.15. The van der Waals surface area contributed by atoms with Gasteiger partial charge in [-0.05, 0) is 6.07 Å². The predicted molar refractivity (Wildman–Crippen MR) is 83.7 cm³/mol. The number of rotatable bonds is 5. The SMILES string of the molecule is CC(=O)OC[C@H]1ON(n2ccc(N)nc2=O)[C@H](OC(C)=O)[C@@H]1OC(C)=O. The highest BCUT2D eigenvalue weighted by atomic mass is 16.8. The van der Waals surface area contributed by atoms with Crippen molar-refractivity contribution in [1.29, 1.82) is 0 Å². The van der Waals surface area contributed by atoms with Crippen molar-refractivity contribution in [3.8, 4) is 0 Å². The number of anilines is 1. The minimum atomic E-state index is -1.32. The fraction of sp³-hybridized carbons (Fsp3) is 0.500. The minimum Gasteiger partial charge on any atom is -0.463 e. The summed E-state index contributed by atoms with van der Waals surface area (Å²) in [7, 11) is 0. The largest absolute Gasteiger partial charge is 0.463 e. The second-order valence-corrected chi connectivity index (χ2v) is 5.30. The molecule has 0 radical (unpaired) electrons. The molecular formula is C14H18N4O8. The molecule has 0 aromatic carbocycles. The summed E-state index contributed by atoms with van der Waals surface area (Å²) in [4.78, 5) is 55.1. The molecule has 12 nitrogen and oxygen atoms in total. The first-order chi connectivity index (χ1) is 12.2. The van der Waals surface area contributed by atoms with E-state index >= 15 is 0 Å². The van der Waals surface area contributed by atoms with Crippen LogP contribution in [0.25, 0.3) is 0 Å². The Kier molecular flexibility index (Phi) is 5.77. The third-order valence-electron chi connectivity index (χ3n) is 3.17. The van der Waals surface area contributed by atoms with Crippen LogP contribution < -0.4 is 16.6 Å². The van der Waals surface area contributed by atoms with Crippen LogP contribution in [0.2, 0.25) is 0 Å². The molecule has 0 spiro atoms. The first kappa shape index (κ1) is 19.2. The predicted octanol–water partition coefficient (Wildman–Crippen LogP) is -1.54. The van der Waals surface area contributed by atoms with Gasteiger partial charge in [-0.15, -0.1) is 5.17 Å². The summed E-state index contributed by atoms with van der Waals surface area (Å²) in [5.74, 6) is -2.02. The Balaban J connectivity index is 2.40. The lowest BCUT2D eigenvalue weighted by atomic mass is 10.2. The number of nitrogens with zero attached hydrogens (tertiary/aromatic N) is 3. The summed E-state index contributed by atoms with van der Waals surface area (Å²) in [5.41, 5.74) is 4.62. The minimum absolute atomic E-state index is 0.0255. The third kappa shape index (κ3) is 4.47. The van der Waals surface area contributed by atoms with Crippen LogP contribution in [0.15, 0.2) is 17.1 Å². The van der Waals surface area contributed by atoms with Crippen molar-refractivity contribution in [2.75, 3.05) is 17.5 Å². The summed E-state index contributed by atoms with van der Waals surface area (Å²) in [6, 6.07) is 1.32. The fourth-order valence-corrected chi connectivity index (χ4v) is 2.23. The molecule has 0 bridgehead atoms. The second-order valence-electron chi connectivity index (χ2n) is 5.30. The number of nitrogens with two attached hydrogens (primary N) is 1. The molecule has 2 heterocycles. The number of carbonyl (C=O) groups excluding carboxylic acids is 3. The van der Waals surface area contributed by atoms with Crippen molar-refractivity contribution >= 4 is 23.7 Å². The van der Waals surface area contributed by atoms with E-state index in [0.717, 1.165) is 23.7 Å². The van der Waals surface area contributed by atoms with Gasteiger partial charge < -0.3 is 19.9 Å². The van der Waals surface area contributed by atoms with Gasteiger partial charge in [-0.25, -0.2) is 9.63 Å². The van der Waals surface area contributed by atoms with E-state index in [-0.39, 0.29) is 12.4 Å². The first-order valence-corrected chi connectivity index (χ1v) is 7.48. The van der Waals surface area contributed by atoms with Gasteiger partial charge in [0.15, 0.2) is 12.2 Å². The average molecular weight is 370 g/mol. The van der Waals surface area contributed by atoms with Gasteiger partial charge in [0.1, 0.15) is 12.4 Å². The summed E-state index contributed by atoms with van der Waals surface area (Å²) in [6.07, 6.45) is -2.28. The maximum absolute atomic E-state index is 12.1. The van der Waals surface area contributed by atoms with E-state index < -0.39 is 42.0 Å². The molecule has 142 valence electrons. The zero-order valence-electron chi connectivity index (χ0n) is 14.3. The molecule has 0 saturated carbocycles. The van der Waals surface area contributed by atoms with E-state index in [0.29, 0.717) is 0 Å². The standard InChI is InChI=1S/C14H18N4O8/c1-7(19)23-6-10-12(24-8(2)20)13(25-9(3)21)18(26-10)17-5-4-11(15)16-14(17)22/h4-5,10,12-13H,6H2,1-3H3,(H2,15,16,22)/t10-,12-,13-/m1/s1. The van der Waals surface area contributed by atoms with Crippen LogP contribution in [0.1, 0.15) is 20.8 Å². The number of hydrogen-bond donors (Lipinski definition) is 1. The molecule has 0 amide bonds. The Morgan fingerprint density at radius 1 is 1.19 bits per heavy atom. The molecule has 0 aliphatic carbocycles. The van der Waals surface area contributed by atoms with Gasteiger partial charge in [-0.1, -0.05) is 0 Å². The molecule has 1 aromatic heterocycles. The molecule has 2 N–H and O–H groups in total. The molecule has 1 saturated heterocycles. The first-order valence-electron chi connectivity index (χ1n) is 7.48. The molecule has 3 atom stereocenters. The topological polar surface area (TPSA) is 152 Å². The molecule has 0 unspecified atom stereocenters. The van der Waals surface area contributed by atoms with Gasteiger partial charge in [-0.3, -0.25) is 14.4 Å². The van der Waals surface area contributed by atoms with Gasteiger partial charge in [0.2, 0.25) is 0 Å². The smallest absolute Gasteiger partial charge is 0.370 e. The Labute approximate surface area is 147 Å². The van der Waals surface area contributed by atoms with Crippen LogP contribution in [0.4, 0.5) is 5.82 Å². The van der Waals surface area contributed by atoms with E-state index in [9.17, 15) is 19.2 Å². The van der Waals surface area contributed by atoms with Crippen LogP contribution in [-0.2, 0) is 33.4 Å². The number of ether oxygens (including phenoxy) is 3. The lowest BCUT2D eigenvalue weighted by Gasteiger charge is -2.25. The monoisotopic (exact) mass is 370 g/mol. The van der Waals surface area contributed by atoms with Crippen LogP contribution in [0.3, 0.4) is 0 Å². The van der Waals surface area contributed by atoms with Gasteiger partial charge in [0.25, 0.3) is 6.23 Å². The molecule has 1 fully saturated rings. The molecular weight excluding hydrogens is 352 g/mol.